The zero-order valence-electron chi connectivity index (χ0n) is 12.7. The lowest BCUT2D eigenvalue weighted by atomic mass is 9.99. The van der Waals surface area contributed by atoms with Gasteiger partial charge in [0.05, 0.1) is 5.39 Å². The van der Waals surface area contributed by atoms with E-state index in [1.807, 2.05) is 6.92 Å². The monoisotopic (exact) mass is 321 g/mol. The number of aromatic nitrogens is 2. The zero-order chi connectivity index (χ0) is 15.9. The van der Waals surface area contributed by atoms with Crippen molar-refractivity contribution in [1.29, 1.82) is 0 Å². The summed E-state index contributed by atoms with van der Waals surface area (Å²) in [5, 5.41) is 0.474. The molecule has 7 heteroatoms. The van der Waals surface area contributed by atoms with E-state index in [0.29, 0.717) is 29.2 Å². The third kappa shape index (κ3) is 2.72. The highest BCUT2D eigenvalue weighted by Crippen LogP contribution is 2.19. The molecule has 3 rings (SSSR count). The lowest BCUT2D eigenvalue weighted by Crippen LogP contribution is -2.44. The molecule has 1 aliphatic heterocycles. The molecule has 3 heterocycles. The first-order valence-electron chi connectivity index (χ1n) is 7.46. The van der Waals surface area contributed by atoms with E-state index < -0.39 is 5.69 Å². The number of hydrogen-bond donors (Lipinski definition) is 1. The first-order chi connectivity index (χ1) is 10.5. The quantitative estimate of drug-likeness (QED) is 0.906. The molecule has 1 aliphatic rings. The number of nitrogens with zero attached hydrogens (tertiary/aromatic N) is 2. The Hall–Kier alpha value is -1.89. The van der Waals surface area contributed by atoms with Crippen LogP contribution in [0.4, 0.5) is 0 Å². The lowest BCUT2D eigenvalue weighted by Gasteiger charge is -2.30. The number of thiophene rings is 1. The van der Waals surface area contributed by atoms with Gasteiger partial charge in [0.15, 0.2) is 0 Å². The first-order valence-corrected chi connectivity index (χ1v) is 8.28. The van der Waals surface area contributed by atoms with Crippen LogP contribution in [0.3, 0.4) is 0 Å². The number of hydrogen-bond acceptors (Lipinski definition) is 4. The van der Waals surface area contributed by atoms with E-state index in [1.165, 1.54) is 11.3 Å². The summed E-state index contributed by atoms with van der Waals surface area (Å²) in [6, 6.07) is 1.75. The summed E-state index contributed by atoms with van der Waals surface area (Å²) in [4.78, 5) is 42.8. The Bertz CT molecular complexity index is 825. The highest BCUT2D eigenvalue weighted by Gasteiger charge is 2.22. The van der Waals surface area contributed by atoms with Crippen molar-refractivity contribution in [3.63, 3.8) is 0 Å². The largest absolute Gasteiger partial charge is 0.341 e. The molecule has 1 saturated heterocycles. The minimum atomic E-state index is -0.516. The van der Waals surface area contributed by atoms with Gasteiger partial charge < -0.3 is 4.90 Å². The summed E-state index contributed by atoms with van der Waals surface area (Å²) < 4.78 is 1.01. The Balaban J connectivity index is 1.89. The van der Waals surface area contributed by atoms with Crippen LogP contribution < -0.4 is 11.2 Å². The van der Waals surface area contributed by atoms with Gasteiger partial charge in [-0.3, -0.25) is 19.1 Å². The summed E-state index contributed by atoms with van der Waals surface area (Å²) in [6.45, 7) is 5.27. The molecule has 0 saturated carbocycles. The average Bonchev–Trinajstić information content (AvgIpc) is 2.84. The van der Waals surface area contributed by atoms with Crippen molar-refractivity contribution in [3.05, 3.63) is 31.8 Å². The van der Waals surface area contributed by atoms with Crippen molar-refractivity contribution in [3.8, 4) is 0 Å². The number of piperidine rings is 1. The molecule has 6 nitrogen and oxygen atoms in total. The topological polar surface area (TPSA) is 75.2 Å². The number of amides is 1. The van der Waals surface area contributed by atoms with Gasteiger partial charge in [0.25, 0.3) is 5.56 Å². The maximum Gasteiger partial charge on any atom is 0.329 e. The van der Waals surface area contributed by atoms with Crippen molar-refractivity contribution in [2.75, 3.05) is 13.1 Å². The fraction of sp³-hybridized carbons (Fsp3) is 0.533. The molecule has 0 aliphatic carbocycles. The number of H-pyrrole nitrogens is 1. The van der Waals surface area contributed by atoms with Crippen LogP contribution >= 0.6 is 11.3 Å². The van der Waals surface area contributed by atoms with E-state index in [2.05, 4.69) is 11.9 Å². The number of aryl methyl sites for hydroxylation is 1. The third-order valence-electron chi connectivity index (χ3n) is 4.23. The van der Waals surface area contributed by atoms with Crippen molar-refractivity contribution in [2.24, 2.45) is 5.92 Å². The van der Waals surface area contributed by atoms with Crippen LogP contribution in [0.1, 0.15) is 24.6 Å². The minimum Gasteiger partial charge on any atom is -0.341 e. The fourth-order valence-electron chi connectivity index (χ4n) is 2.81. The Labute approximate surface area is 131 Å². The van der Waals surface area contributed by atoms with Crippen LogP contribution in [0.25, 0.3) is 10.2 Å². The number of rotatable bonds is 2. The third-order valence-corrected chi connectivity index (χ3v) is 5.19. The second-order valence-electron chi connectivity index (χ2n) is 5.98. The molecule has 22 heavy (non-hydrogen) atoms. The molecule has 0 bridgehead atoms. The van der Waals surface area contributed by atoms with E-state index in [-0.39, 0.29) is 18.0 Å². The summed E-state index contributed by atoms with van der Waals surface area (Å²) in [7, 11) is 0. The standard InChI is InChI=1S/C15H19N3O3S/c1-9-3-5-17(6-4-9)12(19)8-18-14(20)11-7-10(2)22-13(11)16-15(18)21/h7,9H,3-6,8H2,1-2H3,(H,16,21). The highest BCUT2D eigenvalue weighted by atomic mass is 32.1. The summed E-state index contributed by atoms with van der Waals surface area (Å²) >= 11 is 1.37. The van der Waals surface area contributed by atoms with E-state index in [9.17, 15) is 14.4 Å². The molecule has 1 fully saturated rings. The molecular formula is C15H19N3O3S. The lowest BCUT2D eigenvalue weighted by molar-refractivity contribution is -0.133. The Morgan fingerprint density at radius 2 is 2.05 bits per heavy atom. The number of carbonyl (C=O) groups excluding carboxylic acids is 1. The number of aromatic amines is 1. The highest BCUT2D eigenvalue weighted by molar-refractivity contribution is 7.18. The number of nitrogens with one attached hydrogen (secondary N) is 1. The average molecular weight is 321 g/mol. The molecule has 0 unspecified atom stereocenters. The van der Waals surface area contributed by atoms with Crippen LogP contribution in [0, 0.1) is 12.8 Å². The van der Waals surface area contributed by atoms with Gasteiger partial charge in [0.1, 0.15) is 11.4 Å². The number of fused-ring (bicyclic) bond motifs is 1. The van der Waals surface area contributed by atoms with Gasteiger partial charge in [-0.15, -0.1) is 11.3 Å². The van der Waals surface area contributed by atoms with Gasteiger partial charge in [-0.2, -0.15) is 0 Å². The molecule has 0 aromatic carbocycles. The van der Waals surface area contributed by atoms with Crippen LogP contribution in [-0.2, 0) is 11.3 Å². The van der Waals surface area contributed by atoms with Gasteiger partial charge in [-0.25, -0.2) is 4.79 Å². The van der Waals surface area contributed by atoms with E-state index in [4.69, 9.17) is 0 Å². The van der Waals surface area contributed by atoms with Gasteiger partial charge in [0.2, 0.25) is 5.91 Å². The summed E-state index contributed by atoms with van der Waals surface area (Å²) in [5.41, 5.74) is -0.903. The summed E-state index contributed by atoms with van der Waals surface area (Å²) in [6.07, 6.45) is 1.94. The van der Waals surface area contributed by atoms with Crippen molar-refractivity contribution in [1.82, 2.24) is 14.5 Å². The van der Waals surface area contributed by atoms with Gasteiger partial charge in [-0.1, -0.05) is 6.92 Å². The molecule has 2 aromatic heterocycles. The van der Waals surface area contributed by atoms with Gasteiger partial charge >= 0.3 is 5.69 Å². The predicted octanol–water partition coefficient (Wildman–Crippen LogP) is 1.32. The van der Waals surface area contributed by atoms with Crippen molar-refractivity contribution in [2.45, 2.75) is 33.2 Å². The molecule has 0 spiro atoms. The predicted molar refractivity (Wildman–Crippen MR) is 86.4 cm³/mol. The van der Waals surface area contributed by atoms with E-state index in [1.54, 1.807) is 11.0 Å². The van der Waals surface area contributed by atoms with Crippen molar-refractivity contribution >= 4 is 27.5 Å². The molecule has 2 aromatic rings. The Morgan fingerprint density at radius 3 is 2.73 bits per heavy atom. The maximum atomic E-state index is 12.4. The van der Waals surface area contributed by atoms with E-state index in [0.717, 1.165) is 22.3 Å². The number of likely N-dealkylation sites (tertiary alicyclic amines) is 1. The Kier molecular flexibility index (Phi) is 3.90. The normalized spacial score (nSPS) is 16.4. The second kappa shape index (κ2) is 5.72. The molecule has 0 radical (unpaired) electrons. The van der Waals surface area contributed by atoms with E-state index >= 15 is 0 Å². The van der Waals surface area contributed by atoms with Crippen LogP contribution in [0.15, 0.2) is 15.7 Å². The molecule has 1 amide bonds. The molecular weight excluding hydrogens is 302 g/mol. The van der Waals surface area contributed by atoms with Crippen LogP contribution in [0.2, 0.25) is 0 Å². The molecule has 1 N–H and O–H groups in total. The second-order valence-corrected chi connectivity index (χ2v) is 7.24. The maximum absolute atomic E-state index is 12.4. The minimum absolute atomic E-state index is 0.161. The Morgan fingerprint density at radius 1 is 1.36 bits per heavy atom. The van der Waals surface area contributed by atoms with Crippen LogP contribution in [0.5, 0.6) is 0 Å². The smallest absolute Gasteiger partial charge is 0.329 e. The van der Waals surface area contributed by atoms with Gasteiger partial charge in [-0.05, 0) is 31.7 Å². The molecule has 0 atom stereocenters. The van der Waals surface area contributed by atoms with Crippen molar-refractivity contribution < 1.29 is 4.79 Å². The van der Waals surface area contributed by atoms with Crippen LogP contribution in [-0.4, -0.2) is 33.4 Å². The fourth-order valence-corrected chi connectivity index (χ4v) is 3.70. The summed E-state index contributed by atoms with van der Waals surface area (Å²) in [5.74, 6) is 0.464. The first kappa shape index (κ1) is 15.0. The zero-order valence-corrected chi connectivity index (χ0v) is 13.5. The number of carbonyl (C=O) groups is 1. The molecule has 118 valence electrons. The van der Waals surface area contributed by atoms with Gasteiger partial charge in [0, 0.05) is 18.0 Å². The SMILES string of the molecule is Cc1cc2c(=O)n(CC(=O)N3CCC(C)CC3)c(=O)[nH]c2s1.